The molecule has 0 N–H and O–H groups in total. The van der Waals surface area contributed by atoms with Crippen LogP contribution >= 0.6 is 0 Å². The van der Waals surface area contributed by atoms with Gasteiger partial charge in [-0.05, 0) is 25.2 Å². The Balaban J connectivity index is 0. The first kappa shape index (κ1) is 24.5. The Hall–Kier alpha value is 0.210. The number of halogens is 1. The van der Waals surface area contributed by atoms with Crippen molar-refractivity contribution in [2.24, 2.45) is 5.92 Å². The summed E-state index contributed by atoms with van der Waals surface area (Å²) in [7, 11) is 4.61. The third kappa shape index (κ3) is 15.1. The summed E-state index contributed by atoms with van der Waals surface area (Å²) < 4.78 is 7.03. The number of nitrogens with zero attached hydrogens (tertiary/aromatic N) is 1. The third-order valence-corrected chi connectivity index (χ3v) is 4.45. The van der Waals surface area contributed by atoms with Crippen molar-refractivity contribution in [3.63, 3.8) is 0 Å². The molecule has 0 aliphatic heterocycles. The molecule has 0 aromatic carbocycles. The van der Waals surface area contributed by atoms with Crippen LogP contribution < -0.4 is 12.4 Å². The van der Waals surface area contributed by atoms with Crippen LogP contribution in [0.1, 0.15) is 85.0 Å². The van der Waals surface area contributed by atoms with E-state index >= 15 is 0 Å². The molecule has 1 unspecified atom stereocenters. The van der Waals surface area contributed by atoms with Crippen molar-refractivity contribution in [1.82, 2.24) is 0 Å². The van der Waals surface area contributed by atoms with Crippen molar-refractivity contribution in [1.29, 1.82) is 0 Å². The van der Waals surface area contributed by atoms with Gasteiger partial charge in [-0.2, -0.15) is 0 Å². The highest BCUT2D eigenvalue weighted by Gasteiger charge is 2.15. The number of unbranched alkanes of at least 4 members (excludes halogenated alkanes) is 6. The normalized spacial score (nSPS) is 13.0. The molecule has 0 aliphatic carbocycles. The highest BCUT2D eigenvalue weighted by atomic mass is 35.5. The molecule has 0 bridgehead atoms. The standard InChI is InChI=1S/C19H42NO.ClH/c1-6-9-11-12-13-14-16-20(4,5)18-21-17-19(8-3)15-10-7-2;/h19H,6-18H2,1-5H3;1H/q+1;/p-1. The van der Waals surface area contributed by atoms with Crippen LogP contribution in [-0.4, -0.2) is 38.5 Å². The second kappa shape index (κ2) is 16.1. The Morgan fingerprint density at radius 2 is 1.41 bits per heavy atom. The largest absolute Gasteiger partial charge is 1.00 e. The molecule has 0 radical (unpaired) electrons. The Morgan fingerprint density at radius 1 is 0.818 bits per heavy atom. The van der Waals surface area contributed by atoms with Crippen LogP contribution in [0.25, 0.3) is 0 Å². The summed E-state index contributed by atoms with van der Waals surface area (Å²) in [5.74, 6) is 0.763. The van der Waals surface area contributed by atoms with Gasteiger partial charge in [0.05, 0.1) is 27.2 Å². The zero-order valence-electron chi connectivity index (χ0n) is 16.0. The van der Waals surface area contributed by atoms with Gasteiger partial charge >= 0.3 is 0 Å². The molecule has 0 spiro atoms. The molecule has 0 saturated heterocycles. The molecule has 0 saturated carbocycles. The average molecular weight is 336 g/mol. The number of hydrogen-bond acceptors (Lipinski definition) is 1. The summed E-state index contributed by atoms with van der Waals surface area (Å²) in [4.78, 5) is 0. The van der Waals surface area contributed by atoms with Crippen LogP contribution in [0.2, 0.25) is 0 Å². The average Bonchev–Trinajstić information content (AvgIpc) is 2.46. The van der Waals surface area contributed by atoms with Gasteiger partial charge in [0.1, 0.15) is 0 Å². The summed E-state index contributed by atoms with van der Waals surface area (Å²) in [5, 5.41) is 0. The molecule has 0 aliphatic rings. The van der Waals surface area contributed by atoms with Crippen LogP contribution in [0.4, 0.5) is 0 Å². The summed E-state index contributed by atoms with van der Waals surface area (Å²) in [6, 6.07) is 0. The van der Waals surface area contributed by atoms with Gasteiger partial charge in [0, 0.05) is 0 Å². The summed E-state index contributed by atoms with van der Waals surface area (Å²) >= 11 is 0. The fraction of sp³-hybridized carbons (Fsp3) is 1.00. The topological polar surface area (TPSA) is 9.23 Å². The maximum Gasteiger partial charge on any atom is 0.182 e. The molecular formula is C19H42ClNO. The van der Waals surface area contributed by atoms with E-state index in [2.05, 4.69) is 34.9 Å². The minimum absolute atomic E-state index is 0. The summed E-state index contributed by atoms with van der Waals surface area (Å²) in [6.45, 7) is 9.92. The second-order valence-corrected chi connectivity index (χ2v) is 7.34. The molecule has 136 valence electrons. The van der Waals surface area contributed by atoms with Gasteiger partial charge in [-0.1, -0.05) is 65.7 Å². The second-order valence-electron chi connectivity index (χ2n) is 7.34. The quantitative estimate of drug-likeness (QED) is 0.254. The van der Waals surface area contributed by atoms with E-state index in [1.165, 1.54) is 70.8 Å². The van der Waals surface area contributed by atoms with Crippen molar-refractivity contribution in [3.8, 4) is 0 Å². The molecule has 1 atom stereocenters. The van der Waals surface area contributed by atoms with Crippen molar-refractivity contribution < 1.29 is 21.6 Å². The van der Waals surface area contributed by atoms with E-state index in [0.717, 1.165) is 23.7 Å². The lowest BCUT2D eigenvalue weighted by Crippen LogP contribution is -3.00. The lowest BCUT2D eigenvalue weighted by atomic mass is 10.0. The van der Waals surface area contributed by atoms with E-state index in [9.17, 15) is 0 Å². The number of rotatable bonds is 15. The van der Waals surface area contributed by atoms with E-state index in [1.807, 2.05) is 0 Å². The van der Waals surface area contributed by atoms with Crippen molar-refractivity contribution in [2.75, 3.05) is 34.0 Å². The van der Waals surface area contributed by atoms with E-state index in [4.69, 9.17) is 4.74 Å². The highest BCUT2D eigenvalue weighted by Crippen LogP contribution is 2.14. The van der Waals surface area contributed by atoms with Crippen molar-refractivity contribution >= 4 is 0 Å². The van der Waals surface area contributed by atoms with Gasteiger partial charge in [0.2, 0.25) is 0 Å². The Bertz CT molecular complexity index is 221. The maximum atomic E-state index is 6.02. The summed E-state index contributed by atoms with van der Waals surface area (Å²) in [5.41, 5.74) is 0. The maximum absolute atomic E-state index is 6.02. The van der Waals surface area contributed by atoms with Crippen LogP contribution in [0.5, 0.6) is 0 Å². The van der Waals surface area contributed by atoms with Crippen molar-refractivity contribution in [3.05, 3.63) is 0 Å². The fourth-order valence-corrected chi connectivity index (χ4v) is 2.75. The molecule has 0 aromatic rings. The fourth-order valence-electron chi connectivity index (χ4n) is 2.75. The SMILES string of the molecule is CCCCCCCC[N+](C)(C)COCC(CC)CCCC.[Cl-]. The molecule has 0 fully saturated rings. The first-order valence-electron chi connectivity index (χ1n) is 9.45. The first-order valence-corrected chi connectivity index (χ1v) is 9.45. The summed E-state index contributed by atoms with van der Waals surface area (Å²) in [6.07, 6.45) is 13.5. The highest BCUT2D eigenvalue weighted by molar-refractivity contribution is 4.55. The molecule has 22 heavy (non-hydrogen) atoms. The van der Waals surface area contributed by atoms with E-state index in [-0.39, 0.29) is 12.4 Å². The predicted octanol–water partition coefficient (Wildman–Crippen LogP) is 2.62. The third-order valence-electron chi connectivity index (χ3n) is 4.45. The zero-order chi connectivity index (χ0) is 16.0. The predicted molar refractivity (Wildman–Crippen MR) is 94.5 cm³/mol. The molecule has 0 heterocycles. The van der Waals surface area contributed by atoms with Crippen LogP contribution in [0.3, 0.4) is 0 Å². The van der Waals surface area contributed by atoms with Gasteiger partial charge in [-0.25, -0.2) is 0 Å². The Morgan fingerprint density at radius 3 is 2.00 bits per heavy atom. The van der Waals surface area contributed by atoms with Gasteiger partial charge in [0.25, 0.3) is 0 Å². The molecule has 2 nitrogen and oxygen atoms in total. The molecule has 0 aromatic heterocycles. The molecular weight excluding hydrogens is 294 g/mol. The first-order chi connectivity index (χ1) is 10.1. The number of ether oxygens (including phenoxy) is 1. The molecule has 0 amide bonds. The van der Waals surface area contributed by atoms with Gasteiger partial charge in [-0.15, -0.1) is 0 Å². The smallest absolute Gasteiger partial charge is 0.182 e. The monoisotopic (exact) mass is 335 g/mol. The molecule has 3 heteroatoms. The minimum atomic E-state index is 0. The Labute approximate surface area is 147 Å². The Kier molecular flexibility index (Phi) is 17.9. The zero-order valence-corrected chi connectivity index (χ0v) is 16.8. The van der Waals surface area contributed by atoms with Gasteiger partial charge in [0.15, 0.2) is 6.73 Å². The van der Waals surface area contributed by atoms with Crippen molar-refractivity contribution in [2.45, 2.75) is 85.0 Å². The minimum Gasteiger partial charge on any atom is -1.00 e. The van der Waals surface area contributed by atoms with Gasteiger partial charge < -0.3 is 21.6 Å². The molecule has 0 rings (SSSR count). The lowest BCUT2D eigenvalue weighted by molar-refractivity contribution is -0.910. The van der Waals surface area contributed by atoms with Crippen LogP contribution in [-0.2, 0) is 4.74 Å². The van der Waals surface area contributed by atoms with Crippen LogP contribution in [0.15, 0.2) is 0 Å². The van der Waals surface area contributed by atoms with E-state index < -0.39 is 0 Å². The number of hydrogen-bond donors (Lipinski definition) is 0. The van der Waals surface area contributed by atoms with E-state index in [0.29, 0.717) is 0 Å². The van der Waals surface area contributed by atoms with Gasteiger partial charge in [-0.3, -0.25) is 0 Å². The number of quaternary nitrogens is 1. The van der Waals surface area contributed by atoms with Crippen LogP contribution in [0, 0.1) is 5.92 Å². The lowest BCUT2D eigenvalue weighted by Gasteiger charge is -2.30. The van der Waals surface area contributed by atoms with E-state index in [1.54, 1.807) is 0 Å².